The molecule has 1 aromatic carbocycles. The van der Waals surface area contributed by atoms with Crippen molar-refractivity contribution < 1.29 is 9.47 Å². The third kappa shape index (κ3) is 2.16. The first kappa shape index (κ1) is 11.4. The maximum Gasteiger partial charge on any atom is 0.545 e. The average Bonchev–Trinajstić information content (AvgIpc) is 3.01. The van der Waals surface area contributed by atoms with E-state index in [2.05, 4.69) is 23.6 Å². The first-order valence-corrected chi connectivity index (χ1v) is 6.07. The Bertz CT molecular complexity index is 418. The van der Waals surface area contributed by atoms with Crippen LogP contribution in [0.25, 0.3) is 0 Å². The van der Waals surface area contributed by atoms with Crippen LogP contribution in [0, 0.1) is 0 Å². The largest absolute Gasteiger partial charge is 0.545 e. The van der Waals surface area contributed by atoms with Crippen LogP contribution < -0.4 is 0 Å². The molecule has 5 nitrogen and oxygen atoms in total. The topological polar surface area (TPSA) is 37.3 Å². The summed E-state index contributed by atoms with van der Waals surface area (Å²) < 4.78 is 11.1. The van der Waals surface area contributed by atoms with Crippen LogP contribution in [0.3, 0.4) is 0 Å². The number of likely N-dealkylation sites (N-methyl/N-ethyl adjacent to an activating group) is 1. The summed E-state index contributed by atoms with van der Waals surface area (Å²) >= 11 is 0. The first-order valence-electron chi connectivity index (χ1n) is 6.07. The van der Waals surface area contributed by atoms with Crippen molar-refractivity contribution in [1.82, 2.24) is 9.91 Å². The lowest BCUT2D eigenvalue weighted by Gasteiger charge is -2.24. The maximum absolute atomic E-state index is 5.57. The van der Waals surface area contributed by atoms with Crippen LogP contribution in [0.2, 0.25) is 0 Å². The third-order valence-electron chi connectivity index (χ3n) is 3.12. The van der Waals surface area contributed by atoms with E-state index >= 15 is 0 Å². The second-order valence-electron chi connectivity index (χ2n) is 4.41. The molecule has 2 aliphatic rings. The maximum atomic E-state index is 5.57. The van der Waals surface area contributed by atoms with E-state index in [9.17, 15) is 0 Å². The van der Waals surface area contributed by atoms with Crippen LogP contribution in [0.1, 0.15) is 5.56 Å². The van der Waals surface area contributed by atoms with Gasteiger partial charge in [-0.2, -0.15) is 0 Å². The van der Waals surface area contributed by atoms with E-state index < -0.39 is 0 Å². The Morgan fingerprint density at radius 1 is 1.28 bits per heavy atom. The molecule has 0 spiro atoms. The van der Waals surface area contributed by atoms with Crippen molar-refractivity contribution in [2.45, 2.75) is 19.0 Å². The van der Waals surface area contributed by atoms with Gasteiger partial charge in [0.25, 0.3) is 0 Å². The zero-order chi connectivity index (χ0) is 12.4. The highest BCUT2D eigenvalue weighted by Crippen LogP contribution is 2.22. The lowest BCUT2D eigenvalue weighted by Crippen LogP contribution is -2.47. The molecule has 1 unspecified atom stereocenters. The normalized spacial score (nSPS) is 23.7. The molecule has 0 aliphatic carbocycles. The molecule has 3 rings (SSSR count). The van der Waals surface area contributed by atoms with Gasteiger partial charge in [-0.25, -0.2) is 5.01 Å². The van der Waals surface area contributed by atoms with Crippen LogP contribution in [0.15, 0.2) is 35.4 Å². The van der Waals surface area contributed by atoms with Crippen molar-refractivity contribution in [3.8, 4) is 0 Å². The molecule has 1 fully saturated rings. The number of ether oxygens (including phenoxy) is 2. The molecule has 5 heteroatoms. The molecular formula is C13H16N3O2+. The van der Waals surface area contributed by atoms with Crippen molar-refractivity contribution in [1.29, 1.82) is 0 Å². The van der Waals surface area contributed by atoms with Gasteiger partial charge in [0.2, 0.25) is 12.5 Å². The molecule has 0 saturated carbocycles. The van der Waals surface area contributed by atoms with Crippen LogP contribution in [0.5, 0.6) is 0 Å². The number of hydrogen-bond donors (Lipinski definition) is 0. The molecule has 0 aromatic heterocycles. The Labute approximate surface area is 107 Å². The van der Waals surface area contributed by atoms with E-state index in [1.807, 2.05) is 35.2 Å². The quantitative estimate of drug-likeness (QED) is 0.744. The van der Waals surface area contributed by atoms with Crippen LogP contribution in [-0.4, -0.2) is 49.0 Å². The number of rotatable bonds is 3. The van der Waals surface area contributed by atoms with Crippen molar-refractivity contribution in [3.05, 3.63) is 35.9 Å². The molecule has 94 valence electrons. The summed E-state index contributed by atoms with van der Waals surface area (Å²) in [5.41, 5.74) is 1.22. The lowest BCUT2D eigenvalue weighted by atomic mass is 10.2. The summed E-state index contributed by atoms with van der Waals surface area (Å²) in [5.74, 6) is 0. The van der Waals surface area contributed by atoms with E-state index in [-0.39, 0.29) is 12.5 Å². The van der Waals surface area contributed by atoms with Crippen LogP contribution in [0.4, 0.5) is 0 Å². The summed E-state index contributed by atoms with van der Waals surface area (Å²) in [7, 11) is 1.91. The Hall–Kier alpha value is -1.68. The minimum atomic E-state index is -0.252. The molecule has 1 atom stereocenters. The lowest BCUT2D eigenvalue weighted by molar-refractivity contribution is -0.122. The van der Waals surface area contributed by atoms with E-state index in [1.165, 1.54) is 5.56 Å². The minimum Gasteiger partial charge on any atom is -0.346 e. The fraction of sp³-hybridized carbons (Fsp3) is 0.462. The van der Waals surface area contributed by atoms with Gasteiger partial charge in [-0.3, -0.25) is 0 Å². The van der Waals surface area contributed by atoms with Crippen LogP contribution >= 0.6 is 0 Å². The SMILES string of the molecule is CN1N=[C+]N(Cc2ccccc2)C1C1OCCO1. The second-order valence-corrected chi connectivity index (χ2v) is 4.41. The summed E-state index contributed by atoms with van der Waals surface area (Å²) in [4.78, 5) is 2.02. The van der Waals surface area contributed by atoms with Gasteiger partial charge >= 0.3 is 6.34 Å². The van der Waals surface area contributed by atoms with Crippen molar-refractivity contribution in [2.24, 2.45) is 5.10 Å². The molecule has 0 bridgehead atoms. The molecule has 2 heterocycles. The number of benzene rings is 1. The zero-order valence-corrected chi connectivity index (χ0v) is 10.3. The Morgan fingerprint density at radius 3 is 2.72 bits per heavy atom. The smallest absolute Gasteiger partial charge is 0.346 e. The highest BCUT2D eigenvalue weighted by molar-refractivity contribution is 5.57. The Balaban J connectivity index is 1.72. The molecule has 2 aliphatic heterocycles. The second kappa shape index (κ2) is 4.90. The van der Waals surface area contributed by atoms with Gasteiger partial charge in [0.15, 0.2) is 0 Å². The monoisotopic (exact) mass is 246 g/mol. The molecule has 0 radical (unpaired) electrons. The predicted octanol–water partition coefficient (Wildman–Crippen LogP) is 0.953. The van der Waals surface area contributed by atoms with Gasteiger partial charge in [-0.05, 0) is 5.56 Å². The molecular weight excluding hydrogens is 230 g/mol. The molecule has 1 saturated heterocycles. The van der Waals surface area contributed by atoms with E-state index in [0.29, 0.717) is 13.2 Å². The number of nitrogens with zero attached hydrogens (tertiary/aromatic N) is 3. The van der Waals surface area contributed by atoms with Gasteiger partial charge in [0.1, 0.15) is 5.10 Å². The molecule has 18 heavy (non-hydrogen) atoms. The Morgan fingerprint density at radius 2 is 2.00 bits per heavy atom. The van der Waals surface area contributed by atoms with E-state index in [0.717, 1.165) is 6.54 Å². The molecule has 0 amide bonds. The van der Waals surface area contributed by atoms with E-state index in [4.69, 9.17) is 9.47 Å². The minimum absolute atomic E-state index is 0.0345. The van der Waals surface area contributed by atoms with Gasteiger partial charge in [0.05, 0.1) is 19.8 Å². The standard InChI is InChI=1S/C13H16N3O2/c1-15-12(13-17-7-8-18-13)16(10-14-15)9-11-5-3-2-4-6-11/h2-6,12-13H,7-9H2,1H3/q+1. The highest BCUT2D eigenvalue weighted by atomic mass is 16.7. The van der Waals surface area contributed by atoms with Crippen molar-refractivity contribution >= 4 is 6.34 Å². The van der Waals surface area contributed by atoms with Crippen molar-refractivity contribution in [3.63, 3.8) is 0 Å². The summed E-state index contributed by atoms with van der Waals surface area (Å²) in [6.07, 6.45) is 2.72. The summed E-state index contributed by atoms with van der Waals surface area (Å²) in [6.45, 7) is 2.05. The fourth-order valence-electron chi connectivity index (χ4n) is 2.23. The average molecular weight is 246 g/mol. The highest BCUT2D eigenvalue weighted by Gasteiger charge is 2.45. The number of hydrazone groups is 1. The molecule has 1 aromatic rings. The Kier molecular flexibility index (Phi) is 3.11. The van der Waals surface area contributed by atoms with E-state index in [1.54, 1.807) is 0 Å². The fourth-order valence-corrected chi connectivity index (χ4v) is 2.23. The van der Waals surface area contributed by atoms with Crippen molar-refractivity contribution in [2.75, 3.05) is 20.3 Å². The zero-order valence-electron chi connectivity index (χ0n) is 10.3. The predicted molar refractivity (Wildman–Crippen MR) is 66.7 cm³/mol. The third-order valence-corrected chi connectivity index (χ3v) is 3.12. The van der Waals surface area contributed by atoms with Crippen LogP contribution in [-0.2, 0) is 16.0 Å². The van der Waals surface area contributed by atoms with Gasteiger partial charge in [-0.1, -0.05) is 30.3 Å². The van der Waals surface area contributed by atoms with Gasteiger partial charge in [-0.15, -0.1) is 4.90 Å². The molecule has 0 N–H and O–H groups in total. The number of hydrogen-bond acceptors (Lipinski definition) is 5. The summed E-state index contributed by atoms with van der Waals surface area (Å²) in [5, 5.41) is 6.02. The summed E-state index contributed by atoms with van der Waals surface area (Å²) in [6, 6.07) is 10.3. The van der Waals surface area contributed by atoms with Gasteiger partial charge in [0, 0.05) is 7.05 Å². The first-order chi connectivity index (χ1) is 8.84. The van der Waals surface area contributed by atoms with Gasteiger partial charge < -0.3 is 9.47 Å².